The maximum Gasteiger partial charge on any atom is 0.338 e. The van der Waals surface area contributed by atoms with Gasteiger partial charge in [-0.1, -0.05) is 26.7 Å². The molecular formula is C26H41N3O5. The lowest BCUT2D eigenvalue weighted by Gasteiger charge is -2.23. The number of hydrogen-bond acceptors (Lipinski definition) is 6. The van der Waals surface area contributed by atoms with Crippen molar-refractivity contribution in [3.8, 4) is 0 Å². The first-order chi connectivity index (χ1) is 15.2. The minimum Gasteiger partial charge on any atom is -0.366 e. The number of hydroxylamine groups is 2. The lowest BCUT2D eigenvalue weighted by Crippen LogP contribution is -2.36. The van der Waals surface area contributed by atoms with Gasteiger partial charge in [0.25, 0.3) is 17.7 Å². The Hall–Kier alpha value is -3.16. The molecule has 0 atom stereocenters. The van der Waals surface area contributed by atoms with E-state index in [9.17, 15) is 19.2 Å². The number of hydrogen-bond donors (Lipinski definition) is 0. The Bertz CT molecular complexity index is 828. The number of imide groups is 1. The molecule has 34 heavy (non-hydrogen) atoms. The van der Waals surface area contributed by atoms with E-state index < -0.39 is 23.2 Å². The van der Waals surface area contributed by atoms with Gasteiger partial charge in [0.15, 0.2) is 0 Å². The molecule has 0 spiro atoms. The van der Waals surface area contributed by atoms with Gasteiger partial charge in [0.1, 0.15) is 0 Å². The van der Waals surface area contributed by atoms with Crippen LogP contribution in [0.3, 0.4) is 0 Å². The molecule has 0 saturated carbocycles. The highest BCUT2D eigenvalue weighted by molar-refractivity contribution is 6.01. The Balaban J connectivity index is 0.000000487. The summed E-state index contributed by atoms with van der Waals surface area (Å²) in [6.07, 6.45) is 7.74. The molecule has 3 heterocycles. The van der Waals surface area contributed by atoms with Crippen molar-refractivity contribution in [1.29, 1.82) is 0 Å². The highest BCUT2D eigenvalue weighted by Gasteiger charge is 2.35. The van der Waals surface area contributed by atoms with Gasteiger partial charge in [0.2, 0.25) is 0 Å². The smallest absolute Gasteiger partial charge is 0.338 e. The topological polar surface area (TPSA) is 87.2 Å². The molecule has 0 N–H and O–H groups in total. The van der Waals surface area contributed by atoms with Crippen LogP contribution < -0.4 is 0 Å². The van der Waals surface area contributed by atoms with Crippen LogP contribution in [-0.4, -0.2) is 57.2 Å². The van der Waals surface area contributed by atoms with E-state index in [4.69, 9.17) is 4.84 Å². The molecule has 3 aliphatic rings. The average Bonchev–Trinajstić information content (AvgIpc) is 3.36. The molecule has 3 rings (SSSR count). The zero-order chi connectivity index (χ0) is 25.5. The summed E-state index contributed by atoms with van der Waals surface area (Å²) >= 11 is 0. The zero-order valence-electron chi connectivity index (χ0n) is 20.9. The van der Waals surface area contributed by atoms with Crippen LogP contribution in [0.25, 0.3) is 0 Å². The number of carbonyl (C=O) groups is 4. The average molecular weight is 476 g/mol. The van der Waals surface area contributed by atoms with Gasteiger partial charge in [-0.25, -0.2) is 4.79 Å². The van der Waals surface area contributed by atoms with E-state index in [1.165, 1.54) is 0 Å². The maximum atomic E-state index is 11.3. The molecule has 0 aromatic heterocycles. The van der Waals surface area contributed by atoms with Gasteiger partial charge < -0.3 is 14.6 Å². The van der Waals surface area contributed by atoms with Crippen LogP contribution in [0.1, 0.15) is 68.7 Å². The van der Waals surface area contributed by atoms with E-state index in [0.29, 0.717) is 11.1 Å². The second-order valence-corrected chi connectivity index (χ2v) is 9.48. The van der Waals surface area contributed by atoms with Crippen molar-refractivity contribution in [1.82, 2.24) is 14.9 Å². The summed E-state index contributed by atoms with van der Waals surface area (Å²) in [6, 6.07) is 0.808. The van der Waals surface area contributed by atoms with Crippen molar-refractivity contribution in [3.63, 3.8) is 0 Å². The molecule has 0 bridgehead atoms. The monoisotopic (exact) mass is 475 g/mol. The quantitative estimate of drug-likeness (QED) is 0.564. The van der Waals surface area contributed by atoms with Gasteiger partial charge in [0.05, 0.1) is 5.41 Å². The molecule has 8 nitrogen and oxygen atoms in total. The Kier molecular flexibility index (Phi) is 11.7. The minimum absolute atomic E-state index is 0. The van der Waals surface area contributed by atoms with Crippen molar-refractivity contribution in [2.75, 3.05) is 6.54 Å². The lowest BCUT2D eigenvalue weighted by molar-refractivity contribution is -0.203. The van der Waals surface area contributed by atoms with Gasteiger partial charge in [-0.15, -0.1) is 5.06 Å². The van der Waals surface area contributed by atoms with Gasteiger partial charge >= 0.3 is 5.97 Å². The van der Waals surface area contributed by atoms with Crippen LogP contribution in [0.15, 0.2) is 48.9 Å². The molecule has 0 aliphatic carbocycles. The van der Waals surface area contributed by atoms with Gasteiger partial charge in [-0.2, -0.15) is 0 Å². The Labute approximate surface area is 204 Å². The summed E-state index contributed by atoms with van der Waals surface area (Å²) in [5.41, 5.74) is 1.22. The molecule has 3 amide bonds. The number of allylic oxidation sites excluding steroid dienone is 2. The molecule has 0 aromatic rings. The lowest BCUT2D eigenvalue weighted by atomic mass is 9.98. The normalized spacial score (nSPS) is 17.2. The fourth-order valence-electron chi connectivity index (χ4n) is 2.99. The maximum absolute atomic E-state index is 11.3. The number of carbonyl (C=O) groups excluding carboxylic acids is 4. The number of rotatable bonds is 3. The SMILES string of the molecule is C.C=C1C=CC(=O)N1C(C)C.C=C1C=CCN1C(C)C.CC(C)(C)C(=O)ON1C(=O)CCC1=O. The summed E-state index contributed by atoms with van der Waals surface area (Å²) in [7, 11) is 0. The zero-order valence-corrected chi connectivity index (χ0v) is 20.9. The van der Waals surface area contributed by atoms with E-state index in [0.717, 1.165) is 17.9 Å². The third-order valence-corrected chi connectivity index (χ3v) is 4.88. The Morgan fingerprint density at radius 1 is 0.912 bits per heavy atom. The van der Waals surface area contributed by atoms with Gasteiger partial charge in [0, 0.05) is 48.9 Å². The minimum atomic E-state index is -0.719. The third-order valence-electron chi connectivity index (χ3n) is 4.88. The summed E-state index contributed by atoms with van der Waals surface area (Å²) in [4.78, 5) is 53.1. The van der Waals surface area contributed by atoms with Crippen molar-refractivity contribution in [3.05, 3.63) is 48.9 Å². The largest absolute Gasteiger partial charge is 0.366 e. The van der Waals surface area contributed by atoms with Gasteiger partial charge in [-0.05, 0) is 60.6 Å². The summed E-state index contributed by atoms with van der Waals surface area (Å²) in [5, 5.41) is 0.563. The summed E-state index contributed by atoms with van der Waals surface area (Å²) in [5.74, 6) is -1.44. The Morgan fingerprint density at radius 3 is 1.71 bits per heavy atom. The van der Waals surface area contributed by atoms with Gasteiger partial charge in [-0.3, -0.25) is 14.4 Å². The van der Waals surface area contributed by atoms with Crippen LogP contribution in [0.2, 0.25) is 0 Å². The van der Waals surface area contributed by atoms with E-state index in [2.05, 4.69) is 44.1 Å². The first-order valence-electron chi connectivity index (χ1n) is 11.1. The van der Waals surface area contributed by atoms with Crippen molar-refractivity contribution in [2.45, 2.75) is 80.8 Å². The van der Waals surface area contributed by atoms with Crippen LogP contribution in [0, 0.1) is 5.41 Å². The highest BCUT2D eigenvalue weighted by atomic mass is 16.7. The van der Waals surface area contributed by atoms with Crippen molar-refractivity contribution < 1.29 is 24.0 Å². The molecular weight excluding hydrogens is 434 g/mol. The number of nitrogens with zero attached hydrogens (tertiary/aromatic N) is 3. The molecule has 8 heteroatoms. The predicted molar refractivity (Wildman–Crippen MR) is 134 cm³/mol. The first-order valence-corrected chi connectivity index (χ1v) is 11.1. The fourth-order valence-corrected chi connectivity index (χ4v) is 2.99. The summed E-state index contributed by atoms with van der Waals surface area (Å²) in [6.45, 7) is 21.9. The van der Waals surface area contributed by atoms with E-state index >= 15 is 0 Å². The fraction of sp³-hybridized carbons (Fsp3) is 0.538. The van der Waals surface area contributed by atoms with Crippen LogP contribution in [-0.2, 0) is 24.0 Å². The molecule has 1 saturated heterocycles. The van der Waals surface area contributed by atoms with Crippen LogP contribution >= 0.6 is 0 Å². The van der Waals surface area contributed by atoms with E-state index in [1.54, 1.807) is 37.8 Å². The van der Waals surface area contributed by atoms with E-state index in [-0.39, 0.29) is 32.2 Å². The Morgan fingerprint density at radius 2 is 1.44 bits per heavy atom. The molecule has 1 fully saturated rings. The number of amides is 3. The molecule has 0 radical (unpaired) electrons. The molecule has 3 aliphatic heterocycles. The first kappa shape index (κ1) is 30.8. The van der Waals surface area contributed by atoms with Crippen LogP contribution in [0.5, 0.6) is 0 Å². The summed E-state index contributed by atoms with van der Waals surface area (Å²) < 4.78 is 0. The third kappa shape index (κ3) is 8.65. The molecule has 190 valence electrons. The molecule has 0 aromatic carbocycles. The van der Waals surface area contributed by atoms with Crippen LogP contribution in [0.4, 0.5) is 0 Å². The second kappa shape index (κ2) is 12.9. The predicted octanol–water partition coefficient (Wildman–Crippen LogP) is 4.36. The second-order valence-electron chi connectivity index (χ2n) is 9.48. The highest BCUT2D eigenvalue weighted by Crippen LogP contribution is 2.20. The van der Waals surface area contributed by atoms with Crippen molar-refractivity contribution in [2.24, 2.45) is 5.41 Å². The molecule has 0 unspecified atom stereocenters. The standard InChI is InChI=1S/C9H13NO4.C8H11NO.C8H13N.CH4/c1-9(2,3)8(13)14-10-6(11)4-5-7(10)12;1-6(2)9-7(3)4-5-8(9)10;1-7(2)9-6-4-5-8(9)3;/h4-5H2,1-3H3;4-6H,3H2,1-2H3;4-5,7H,3,6H2,1-2H3;1H4. The van der Waals surface area contributed by atoms with E-state index in [1.807, 2.05) is 13.8 Å². The van der Waals surface area contributed by atoms with Crippen molar-refractivity contribution >= 4 is 23.7 Å².